The summed E-state index contributed by atoms with van der Waals surface area (Å²) in [5.74, 6) is 0.0919. The van der Waals surface area contributed by atoms with Crippen LogP contribution in [0.5, 0.6) is 0 Å². The second-order valence-corrected chi connectivity index (χ2v) is 8.78. The Bertz CT molecular complexity index is 1230. The molecule has 0 fully saturated rings. The molecule has 3 rings (SSSR count). The number of fused-ring (bicyclic) bond motifs is 1. The first kappa shape index (κ1) is 21.2. The Morgan fingerprint density at radius 3 is 2.45 bits per heavy atom. The molecular formula is C16H17F3N6O2S2. The zero-order valence-electron chi connectivity index (χ0n) is 15.9. The Labute approximate surface area is 169 Å². The molecule has 0 spiro atoms. The number of hydrogen-bond acceptors (Lipinski definition) is 6. The van der Waals surface area contributed by atoms with Gasteiger partial charge in [0.2, 0.25) is 0 Å². The molecule has 1 N–H and O–H groups in total. The normalized spacial score (nSPS) is 12.5. The van der Waals surface area contributed by atoms with Crippen molar-refractivity contribution in [1.29, 1.82) is 0 Å². The molecule has 3 heterocycles. The first-order valence-corrected chi connectivity index (χ1v) is 10.4. The zero-order valence-corrected chi connectivity index (χ0v) is 17.5. The van der Waals surface area contributed by atoms with Crippen LogP contribution in [-0.2, 0) is 30.1 Å². The summed E-state index contributed by atoms with van der Waals surface area (Å²) < 4.78 is 67.2. The van der Waals surface area contributed by atoms with Gasteiger partial charge in [0.25, 0.3) is 0 Å². The summed E-state index contributed by atoms with van der Waals surface area (Å²) in [4.78, 5) is 12.2. The summed E-state index contributed by atoms with van der Waals surface area (Å²) in [6.07, 6.45) is -3.58. The predicted octanol–water partition coefficient (Wildman–Crippen LogP) is 2.08. The summed E-state index contributed by atoms with van der Waals surface area (Å²) in [6, 6.07) is 0.814. The average Bonchev–Trinajstić information content (AvgIpc) is 3.17. The minimum atomic E-state index is -4.63. The highest BCUT2D eigenvalue weighted by Crippen LogP contribution is 2.33. The van der Waals surface area contributed by atoms with Gasteiger partial charge in [0.05, 0.1) is 23.0 Å². The summed E-state index contributed by atoms with van der Waals surface area (Å²) in [7, 11) is 0.876. The molecule has 0 aliphatic rings. The topological polar surface area (TPSA) is 94.7 Å². The Balaban J connectivity index is 2.34. The molecule has 3 aromatic rings. The van der Waals surface area contributed by atoms with Crippen molar-refractivity contribution < 1.29 is 21.6 Å². The molecule has 0 amide bonds. The number of halogens is 3. The SMILES string of the molecule is CCS(=O)(=O)c1c(-c2nc3cc(C(F)(F)F)ncc3n2C)nc(C(=S)NC)n1C. The van der Waals surface area contributed by atoms with Crippen LogP contribution in [0.4, 0.5) is 13.2 Å². The summed E-state index contributed by atoms with van der Waals surface area (Å²) in [6.45, 7) is 1.48. The molecule has 0 saturated heterocycles. The lowest BCUT2D eigenvalue weighted by molar-refractivity contribution is -0.141. The molecule has 13 heteroatoms. The molecule has 29 heavy (non-hydrogen) atoms. The predicted molar refractivity (Wildman–Crippen MR) is 104 cm³/mol. The van der Waals surface area contributed by atoms with Gasteiger partial charge in [-0.05, 0) is 6.07 Å². The van der Waals surface area contributed by atoms with Gasteiger partial charge in [-0.1, -0.05) is 19.1 Å². The molecule has 8 nitrogen and oxygen atoms in total. The highest BCUT2D eigenvalue weighted by molar-refractivity contribution is 7.91. The van der Waals surface area contributed by atoms with E-state index in [1.54, 1.807) is 14.1 Å². The quantitative estimate of drug-likeness (QED) is 0.613. The van der Waals surface area contributed by atoms with E-state index in [1.165, 1.54) is 23.1 Å². The Morgan fingerprint density at radius 1 is 1.24 bits per heavy atom. The molecule has 3 aromatic heterocycles. The van der Waals surface area contributed by atoms with E-state index in [-0.39, 0.29) is 38.6 Å². The number of thiocarbonyl (C=S) groups is 1. The van der Waals surface area contributed by atoms with Crippen molar-refractivity contribution in [2.45, 2.75) is 18.1 Å². The van der Waals surface area contributed by atoms with Gasteiger partial charge < -0.3 is 14.5 Å². The van der Waals surface area contributed by atoms with Crippen LogP contribution in [0.25, 0.3) is 22.6 Å². The highest BCUT2D eigenvalue weighted by Gasteiger charge is 2.34. The highest BCUT2D eigenvalue weighted by atomic mass is 32.2. The number of sulfone groups is 1. The number of nitrogens with one attached hydrogen (secondary N) is 1. The van der Waals surface area contributed by atoms with Crippen LogP contribution in [0, 0.1) is 0 Å². The number of imidazole rings is 2. The van der Waals surface area contributed by atoms with Gasteiger partial charge in [-0.2, -0.15) is 13.2 Å². The van der Waals surface area contributed by atoms with E-state index in [0.29, 0.717) is 5.52 Å². The molecule has 0 unspecified atom stereocenters. The van der Waals surface area contributed by atoms with Crippen LogP contribution < -0.4 is 5.32 Å². The number of hydrogen-bond donors (Lipinski definition) is 1. The monoisotopic (exact) mass is 446 g/mol. The van der Waals surface area contributed by atoms with E-state index < -0.39 is 21.7 Å². The first-order chi connectivity index (χ1) is 13.4. The van der Waals surface area contributed by atoms with E-state index in [0.717, 1.165) is 12.3 Å². The van der Waals surface area contributed by atoms with Crippen molar-refractivity contribution in [3.63, 3.8) is 0 Å². The van der Waals surface area contributed by atoms with Gasteiger partial charge in [0, 0.05) is 21.1 Å². The molecule has 156 valence electrons. The van der Waals surface area contributed by atoms with Crippen LogP contribution in [0.1, 0.15) is 18.4 Å². The number of nitrogens with zero attached hydrogens (tertiary/aromatic N) is 5. The van der Waals surface area contributed by atoms with Crippen molar-refractivity contribution in [1.82, 2.24) is 29.4 Å². The molecule has 0 aromatic carbocycles. The lowest BCUT2D eigenvalue weighted by atomic mass is 10.3. The average molecular weight is 446 g/mol. The Morgan fingerprint density at radius 2 is 1.90 bits per heavy atom. The maximum atomic E-state index is 13.0. The second kappa shape index (κ2) is 7.06. The van der Waals surface area contributed by atoms with Gasteiger partial charge in [-0.25, -0.2) is 23.4 Å². The molecular weight excluding hydrogens is 429 g/mol. The summed E-state index contributed by atoms with van der Waals surface area (Å²) in [5, 5.41) is 2.62. The summed E-state index contributed by atoms with van der Waals surface area (Å²) >= 11 is 5.20. The molecule has 0 atom stereocenters. The van der Waals surface area contributed by atoms with Crippen molar-refractivity contribution in [3.05, 3.63) is 23.8 Å². The lowest BCUT2D eigenvalue weighted by Crippen LogP contribution is -2.21. The molecule has 0 aliphatic carbocycles. The zero-order chi connectivity index (χ0) is 21.7. The largest absolute Gasteiger partial charge is 0.433 e. The number of alkyl halides is 3. The Hall–Kier alpha value is -2.54. The third-order valence-corrected chi connectivity index (χ3v) is 6.62. The van der Waals surface area contributed by atoms with E-state index >= 15 is 0 Å². The minimum Gasteiger partial charge on any atom is -0.376 e. The van der Waals surface area contributed by atoms with Crippen LogP contribution in [0.2, 0.25) is 0 Å². The van der Waals surface area contributed by atoms with Crippen molar-refractivity contribution in [2.75, 3.05) is 12.8 Å². The molecule has 0 bridgehead atoms. The number of pyridine rings is 1. The van der Waals surface area contributed by atoms with Crippen molar-refractivity contribution in [3.8, 4) is 11.5 Å². The second-order valence-electron chi connectivity index (χ2n) is 6.18. The fourth-order valence-electron chi connectivity index (χ4n) is 2.89. The van der Waals surface area contributed by atoms with E-state index in [1.807, 2.05) is 0 Å². The molecule has 0 saturated carbocycles. The van der Waals surface area contributed by atoms with Gasteiger partial charge in [0.1, 0.15) is 16.4 Å². The van der Waals surface area contributed by atoms with Crippen LogP contribution >= 0.6 is 12.2 Å². The van der Waals surface area contributed by atoms with Crippen molar-refractivity contribution in [2.24, 2.45) is 14.1 Å². The summed E-state index contributed by atoms with van der Waals surface area (Å²) in [5.41, 5.74) is -0.757. The smallest absolute Gasteiger partial charge is 0.376 e. The number of rotatable bonds is 4. The van der Waals surface area contributed by atoms with E-state index in [4.69, 9.17) is 12.2 Å². The number of aryl methyl sites for hydroxylation is 1. The third kappa shape index (κ3) is 3.48. The van der Waals surface area contributed by atoms with E-state index in [2.05, 4.69) is 20.3 Å². The van der Waals surface area contributed by atoms with Crippen LogP contribution in [0.15, 0.2) is 17.3 Å². The van der Waals surface area contributed by atoms with Crippen molar-refractivity contribution >= 4 is 38.1 Å². The van der Waals surface area contributed by atoms with Gasteiger partial charge in [-0.15, -0.1) is 0 Å². The third-order valence-electron chi connectivity index (χ3n) is 4.42. The Kier molecular flexibility index (Phi) is 5.15. The molecule has 0 aliphatic heterocycles. The first-order valence-electron chi connectivity index (χ1n) is 8.34. The number of aromatic nitrogens is 5. The fraction of sp³-hybridized carbons (Fsp3) is 0.375. The van der Waals surface area contributed by atoms with Gasteiger partial charge >= 0.3 is 6.18 Å². The fourth-order valence-corrected chi connectivity index (χ4v) is 4.28. The maximum absolute atomic E-state index is 13.0. The van der Waals surface area contributed by atoms with Gasteiger partial charge in [-0.3, -0.25) is 0 Å². The van der Waals surface area contributed by atoms with E-state index in [9.17, 15) is 21.6 Å². The standard InChI is InChI=1S/C16H17F3N6O2S2/c1-5-29(26,27)15-11(23-13(25(15)4)14(28)20-2)12-22-8-6-10(16(17,18)19)21-7-9(8)24(12)3/h6-7H,5H2,1-4H3,(H,20,28). The van der Waals surface area contributed by atoms with Gasteiger partial charge in [0.15, 0.2) is 26.5 Å². The molecule has 0 radical (unpaired) electrons. The lowest BCUT2D eigenvalue weighted by Gasteiger charge is -2.07. The van der Waals surface area contributed by atoms with Crippen LogP contribution in [0.3, 0.4) is 0 Å². The minimum absolute atomic E-state index is 0.00853. The van der Waals surface area contributed by atoms with Crippen LogP contribution in [-0.4, -0.2) is 50.3 Å². The maximum Gasteiger partial charge on any atom is 0.433 e.